The maximum atomic E-state index is 12.4. The highest BCUT2D eigenvalue weighted by Crippen LogP contribution is 2.23. The SMILES string of the molecule is [2H]C([2H])([2H])N(C(=O)OC(C)(C)C)c1cc(Cl)nc2c(C(=O)O)cnn12. The molecule has 2 aromatic rings. The number of aromatic nitrogens is 3. The van der Waals surface area contributed by atoms with Gasteiger partial charge < -0.3 is 9.84 Å². The van der Waals surface area contributed by atoms with Gasteiger partial charge in [-0.1, -0.05) is 11.6 Å². The van der Waals surface area contributed by atoms with E-state index in [0.717, 1.165) is 16.8 Å². The third kappa shape index (κ3) is 3.11. The van der Waals surface area contributed by atoms with E-state index in [0.29, 0.717) is 4.90 Å². The fourth-order valence-corrected chi connectivity index (χ4v) is 1.81. The van der Waals surface area contributed by atoms with E-state index in [4.69, 9.17) is 25.6 Å². The Kier molecular flexibility index (Phi) is 3.03. The van der Waals surface area contributed by atoms with Crippen LogP contribution in [0.4, 0.5) is 10.6 Å². The first-order valence-electron chi connectivity index (χ1n) is 7.62. The minimum Gasteiger partial charge on any atom is -0.477 e. The predicted molar refractivity (Wildman–Crippen MR) is 79.6 cm³/mol. The number of fused-ring (bicyclic) bond motifs is 1. The van der Waals surface area contributed by atoms with Crippen LogP contribution in [0.5, 0.6) is 0 Å². The normalized spacial score (nSPS) is 14.1. The summed E-state index contributed by atoms with van der Waals surface area (Å²) in [5.41, 5.74) is -1.45. The zero-order valence-electron chi connectivity index (χ0n) is 15.0. The molecule has 8 nitrogen and oxygen atoms in total. The summed E-state index contributed by atoms with van der Waals surface area (Å²) in [5.74, 6) is -1.62. The van der Waals surface area contributed by atoms with Crippen LogP contribution in [0.25, 0.3) is 5.65 Å². The molecule has 0 aliphatic carbocycles. The number of halogens is 1. The lowest BCUT2D eigenvalue weighted by atomic mass is 10.2. The Hall–Kier alpha value is -2.35. The Balaban J connectivity index is 2.70. The van der Waals surface area contributed by atoms with E-state index in [-0.39, 0.29) is 22.2 Å². The molecule has 0 aliphatic heterocycles. The van der Waals surface area contributed by atoms with Crippen molar-refractivity contribution < 1.29 is 23.5 Å². The molecular formula is C13H15ClN4O4. The molecule has 0 bridgehead atoms. The summed E-state index contributed by atoms with van der Waals surface area (Å²) < 4.78 is 29.0. The number of carboxylic acids is 1. The second kappa shape index (κ2) is 5.45. The summed E-state index contributed by atoms with van der Waals surface area (Å²) in [6.45, 7) is 1.80. The van der Waals surface area contributed by atoms with E-state index in [2.05, 4.69) is 10.1 Å². The fraction of sp³-hybridized carbons (Fsp3) is 0.385. The van der Waals surface area contributed by atoms with Crippen molar-refractivity contribution in [3.8, 4) is 0 Å². The standard InChI is InChI=1S/C13H15ClN4O4/c1-13(2,3)22-12(21)17(4)9-5-8(14)16-10-7(11(19)20)6-15-18(9)10/h5-6H,1-4H3,(H,19,20)/i4D3. The van der Waals surface area contributed by atoms with Gasteiger partial charge in [-0.15, -0.1) is 0 Å². The third-order valence-electron chi connectivity index (χ3n) is 2.46. The zero-order chi connectivity index (χ0) is 19.2. The molecule has 0 saturated heterocycles. The lowest BCUT2D eigenvalue weighted by molar-refractivity contribution is 0.0587. The Morgan fingerprint density at radius 1 is 1.50 bits per heavy atom. The van der Waals surface area contributed by atoms with Crippen LogP contribution in [0.1, 0.15) is 35.2 Å². The van der Waals surface area contributed by atoms with Crippen molar-refractivity contribution in [2.24, 2.45) is 0 Å². The molecule has 2 aromatic heterocycles. The van der Waals surface area contributed by atoms with E-state index in [1.165, 1.54) is 0 Å². The van der Waals surface area contributed by atoms with Crippen LogP contribution in [0, 0.1) is 0 Å². The largest absolute Gasteiger partial charge is 0.477 e. The summed E-state index contributed by atoms with van der Waals surface area (Å²) >= 11 is 5.88. The lowest BCUT2D eigenvalue weighted by Crippen LogP contribution is -2.35. The predicted octanol–water partition coefficient (Wildman–Crippen LogP) is 2.45. The first-order valence-corrected chi connectivity index (χ1v) is 6.50. The van der Waals surface area contributed by atoms with Crippen molar-refractivity contribution in [1.29, 1.82) is 0 Å². The minimum atomic E-state index is -2.94. The molecule has 0 fully saturated rings. The van der Waals surface area contributed by atoms with Crippen LogP contribution in [0.15, 0.2) is 12.3 Å². The highest BCUT2D eigenvalue weighted by Gasteiger charge is 2.24. The summed E-state index contributed by atoms with van der Waals surface area (Å²) in [7, 11) is 0. The van der Waals surface area contributed by atoms with E-state index >= 15 is 0 Å². The molecule has 2 rings (SSSR count). The van der Waals surface area contributed by atoms with Crippen molar-refractivity contribution in [1.82, 2.24) is 14.6 Å². The smallest absolute Gasteiger partial charge is 0.415 e. The fourth-order valence-electron chi connectivity index (χ4n) is 1.63. The van der Waals surface area contributed by atoms with E-state index in [1.54, 1.807) is 20.8 Å². The number of hydrogen-bond donors (Lipinski definition) is 1. The van der Waals surface area contributed by atoms with Gasteiger partial charge in [0.25, 0.3) is 0 Å². The molecule has 0 saturated carbocycles. The number of aromatic carboxylic acids is 1. The maximum absolute atomic E-state index is 12.4. The number of nitrogens with zero attached hydrogens (tertiary/aromatic N) is 4. The Morgan fingerprint density at radius 3 is 2.73 bits per heavy atom. The highest BCUT2D eigenvalue weighted by molar-refractivity contribution is 6.30. The zero-order valence-corrected chi connectivity index (χ0v) is 12.7. The summed E-state index contributed by atoms with van der Waals surface area (Å²) in [6.07, 6.45) is -0.180. The number of anilines is 1. The van der Waals surface area contributed by atoms with Gasteiger partial charge in [0.1, 0.15) is 22.1 Å². The molecule has 0 aromatic carbocycles. The van der Waals surface area contributed by atoms with Gasteiger partial charge in [0, 0.05) is 17.2 Å². The van der Waals surface area contributed by atoms with Gasteiger partial charge in [0.2, 0.25) is 0 Å². The monoisotopic (exact) mass is 329 g/mol. The Morgan fingerprint density at radius 2 is 2.18 bits per heavy atom. The maximum Gasteiger partial charge on any atom is 0.415 e. The number of carboxylic acid groups (broad SMARTS) is 1. The first-order chi connectivity index (χ1) is 11.3. The van der Waals surface area contributed by atoms with Gasteiger partial charge in [-0.25, -0.2) is 14.6 Å². The molecule has 1 N–H and O–H groups in total. The first kappa shape index (κ1) is 12.2. The second-order valence-electron chi connectivity index (χ2n) is 5.35. The molecule has 0 unspecified atom stereocenters. The van der Waals surface area contributed by atoms with Gasteiger partial charge in [-0.05, 0) is 20.8 Å². The lowest BCUT2D eigenvalue weighted by Gasteiger charge is -2.24. The van der Waals surface area contributed by atoms with Gasteiger partial charge in [-0.2, -0.15) is 9.61 Å². The molecule has 0 spiro atoms. The molecule has 0 radical (unpaired) electrons. The number of hydrogen-bond acceptors (Lipinski definition) is 5. The van der Waals surface area contributed by atoms with Gasteiger partial charge in [0.05, 0.1) is 6.20 Å². The molecule has 2 heterocycles. The molecule has 118 valence electrons. The van der Waals surface area contributed by atoms with Crippen LogP contribution in [0.2, 0.25) is 5.15 Å². The number of rotatable bonds is 2. The van der Waals surface area contributed by atoms with Crippen molar-refractivity contribution in [2.45, 2.75) is 26.4 Å². The summed E-state index contributed by atoms with van der Waals surface area (Å²) in [5, 5.41) is 12.8. The molecule has 9 heteroatoms. The van der Waals surface area contributed by atoms with Crippen molar-refractivity contribution in [3.05, 3.63) is 23.0 Å². The topological polar surface area (TPSA) is 97.0 Å². The van der Waals surface area contributed by atoms with Crippen LogP contribution in [-0.4, -0.2) is 44.3 Å². The van der Waals surface area contributed by atoms with Crippen molar-refractivity contribution in [2.75, 3.05) is 11.9 Å². The van der Waals surface area contributed by atoms with Crippen LogP contribution in [-0.2, 0) is 4.74 Å². The van der Waals surface area contributed by atoms with E-state index in [1.807, 2.05) is 0 Å². The Bertz CT molecular complexity index is 844. The van der Waals surface area contributed by atoms with Gasteiger partial charge in [-0.3, -0.25) is 4.90 Å². The molecule has 22 heavy (non-hydrogen) atoms. The molecule has 0 aliphatic rings. The average Bonchev–Trinajstić information content (AvgIpc) is 2.78. The molecule has 1 amide bonds. The Labute approximate surface area is 135 Å². The quantitative estimate of drug-likeness (QED) is 0.850. The molecular weight excluding hydrogens is 312 g/mol. The number of ether oxygens (including phenoxy) is 1. The second-order valence-corrected chi connectivity index (χ2v) is 5.74. The average molecular weight is 330 g/mol. The third-order valence-corrected chi connectivity index (χ3v) is 2.65. The number of amides is 1. The van der Waals surface area contributed by atoms with E-state index < -0.39 is 24.6 Å². The molecule has 0 atom stereocenters. The van der Waals surface area contributed by atoms with E-state index in [9.17, 15) is 9.59 Å². The van der Waals surface area contributed by atoms with Gasteiger partial charge in [0.15, 0.2) is 5.65 Å². The highest BCUT2D eigenvalue weighted by atomic mass is 35.5. The number of carbonyl (C=O) groups excluding carboxylic acids is 1. The van der Waals surface area contributed by atoms with Crippen LogP contribution in [0.3, 0.4) is 0 Å². The minimum absolute atomic E-state index is 0.201. The van der Waals surface area contributed by atoms with Crippen LogP contribution >= 0.6 is 11.6 Å². The summed E-state index contributed by atoms with van der Waals surface area (Å²) in [6, 6.07) is 1.09. The van der Waals surface area contributed by atoms with Crippen molar-refractivity contribution in [3.63, 3.8) is 0 Å². The summed E-state index contributed by atoms with van der Waals surface area (Å²) in [4.78, 5) is 27.9. The van der Waals surface area contributed by atoms with Gasteiger partial charge >= 0.3 is 12.1 Å². The van der Waals surface area contributed by atoms with Crippen LogP contribution < -0.4 is 4.90 Å². The number of carbonyl (C=O) groups is 2. The van der Waals surface area contributed by atoms with Crippen molar-refractivity contribution >= 4 is 35.1 Å².